The van der Waals surface area contributed by atoms with E-state index in [0.717, 1.165) is 72.5 Å². The predicted molar refractivity (Wildman–Crippen MR) is 243 cm³/mol. The highest BCUT2D eigenvalue weighted by Crippen LogP contribution is 2.38. The Morgan fingerprint density at radius 1 is 0.559 bits per heavy atom. The van der Waals surface area contributed by atoms with E-state index in [-0.39, 0.29) is 5.75 Å². The van der Waals surface area contributed by atoms with Crippen LogP contribution in [0, 0.1) is 11.3 Å². The van der Waals surface area contributed by atoms with Crippen molar-refractivity contribution in [3.8, 4) is 45.6 Å². The Hall–Kier alpha value is -6.49. The summed E-state index contributed by atoms with van der Waals surface area (Å²) in [6, 6.07) is 55.1. The van der Waals surface area contributed by atoms with Crippen molar-refractivity contribution < 1.29 is 9.84 Å². The highest BCUT2D eigenvalue weighted by molar-refractivity contribution is 9.10. The molecule has 0 bridgehead atoms. The third-order valence-corrected chi connectivity index (χ3v) is 10.9. The maximum atomic E-state index is 9.94. The molecule has 5 nitrogen and oxygen atoms in total. The number of nitriles is 1. The molecule has 0 fully saturated rings. The SMILES string of the molecule is N#Cc1cc(Br)cc(Oc2cccc(-c3c(Cc4ccccc4)cnc4c(Cl)cccc34)c2)c1.Oc1cccc(-c2c(Cc3ccccc3)cnc3c(Cl)cccc23)c1. The van der Waals surface area contributed by atoms with Gasteiger partial charge in [-0.15, -0.1) is 0 Å². The lowest BCUT2D eigenvalue weighted by atomic mass is 9.93. The lowest BCUT2D eigenvalue weighted by Crippen LogP contribution is -1.97. The Labute approximate surface area is 360 Å². The van der Waals surface area contributed by atoms with Crippen LogP contribution in [0.2, 0.25) is 10.0 Å². The summed E-state index contributed by atoms with van der Waals surface area (Å²) in [6.07, 6.45) is 5.31. The van der Waals surface area contributed by atoms with Crippen LogP contribution in [-0.4, -0.2) is 15.1 Å². The van der Waals surface area contributed by atoms with Gasteiger partial charge in [-0.2, -0.15) is 5.26 Å². The number of nitrogens with zero attached hydrogens (tertiary/aromatic N) is 3. The molecule has 2 aromatic heterocycles. The Kier molecular flexibility index (Phi) is 12.0. The molecule has 0 aliphatic heterocycles. The first-order chi connectivity index (χ1) is 28.8. The van der Waals surface area contributed by atoms with Crippen molar-refractivity contribution in [1.82, 2.24) is 9.97 Å². The summed E-state index contributed by atoms with van der Waals surface area (Å²) in [5.41, 5.74) is 10.8. The van der Waals surface area contributed by atoms with Crippen LogP contribution in [0.5, 0.6) is 17.2 Å². The fourth-order valence-electron chi connectivity index (χ4n) is 7.24. The topological polar surface area (TPSA) is 79.0 Å². The molecule has 0 saturated carbocycles. The molecular formula is C51H34BrCl2N3O2. The van der Waals surface area contributed by atoms with Gasteiger partial charge in [0.2, 0.25) is 0 Å². The van der Waals surface area contributed by atoms with Crippen LogP contribution in [0.1, 0.15) is 27.8 Å². The Morgan fingerprint density at radius 2 is 1.08 bits per heavy atom. The second kappa shape index (κ2) is 18.0. The minimum Gasteiger partial charge on any atom is -0.508 e. The number of fused-ring (bicyclic) bond motifs is 2. The number of hydrogen-bond donors (Lipinski definition) is 1. The molecule has 1 N–H and O–H groups in total. The zero-order valence-corrected chi connectivity index (χ0v) is 34.6. The van der Waals surface area contributed by atoms with Crippen molar-refractivity contribution in [2.45, 2.75) is 12.8 Å². The minimum atomic E-state index is 0.246. The van der Waals surface area contributed by atoms with Crippen molar-refractivity contribution in [1.29, 1.82) is 5.26 Å². The summed E-state index contributed by atoms with van der Waals surface area (Å²) in [4.78, 5) is 9.27. The van der Waals surface area contributed by atoms with Gasteiger partial charge in [-0.3, -0.25) is 9.97 Å². The van der Waals surface area contributed by atoms with E-state index in [1.54, 1.807) is 24.3 Å². The van der Waals surface area contributed by atoms with Crippen LogP contribution >= 0.6 is 39.1 Å². The van der Waals surface area contributed by atoms with Gasteiger partial charge in [0.05, 0.1) is 32.7 Å². The molecule has 0 radical (unpaired) electrons. The summed E-state index contributed by atoms with van der Waals surface area (Å²) < 4.78 is 6.92. The summed E-state index contributed by atoms with van der Waals surface area (Å²) in [7, 11) is 0. The van der Waals surface area contributed by atoms with E-state index < -0.39 is 0 Å². The molecule has 0 saturated heterocycles. The Bertz CT molecular complexity index is 2990. The number of ether oxygens (including phenoxy) is 1. The molecule has 9 aromatic rings. The molecule has 0 unspecified atom stereocenters. The number of aromatic hydroxyl groups is 1. The van der Waals surface area contributed by atoms with E-state index in [9.17, 15) is 10.4 Å². The fourth-order valence-corrected chi connectivity index (χ4v) is 8.16. The molecule has 7 aromatic carbocycles. The Morgan fingerprint density at radius 3 is 1.63 bits per heavy atom. The van der Waals surface area contributed by atoms with Crippen molar-refractivity contribution in [3.63, 3.8) is 0 Å². The van der Waals surface area contributed by atoms with Crippen LogP contribution in [-0.2, 0) is 12.8 Å². The zero-order chi connectivity index (χ0) is 40.7. The number of hydrogen-bond acceptors (Lipinski definition) is 5. The number of halogens is 3. The highest BCUT2D eigenvalue weighted by Gasteiger charge is 2.16. The molecule has 0 aliphatic carbocycles. The molecular weight excluding hydrogens is 837 g/mol. The van der Waals surface area contributed by atoms with Crippen molar-refractivity contribution >= 4 is 60.9 Å². The molecule has 0 atom stereocenters. The average Bonchev–Trinajstić information content (AvgIpc) is 3.24. The fraction of sp³-hybridized carbons (Fsp3) is 0.0392. The van der Waals surface area contributed by atoms with Crippen LogP contribution in [0.25, 0.3) is 44.1 Å². The first-order valence-corrected chi connectivity index (χ1v) is 20.4. The van der Waals surface area contributed by atoms with Crippen LogP contribution in [0.4, 0.5) is 0 Å². The maximum Gasteiger partial charge on any atom is 0.129 e. The molecule has 286 valence electrons. The molecule has 0 spiro atoms. The monoisotopic (exact) mass is 869 g/mol. The quantitative estimate of drug-likeness (QED) is 0.165. The second-order valence-electron chi connectivity index (χ2n) is 13.9. The Balaban J connectivity index is 0.000000172. The van der Waals surface area contributed by atoms with Crippen molar-refractivity contribution in [3.05, 3.63) is 219 Å². The normalized spacial score (nSPS) is 10.8. The number of aromatic nitrogens is 2. The molecule has 59 heavy (non-hydrogen) atoms. The van der Waals surface area contributed by atoms with E-state index in [1.165, 1.54) is 11.1 Å². The third-order valence-electron chi connectivity index (χ3n) is 9.82. The van der Waals surface area contributed by atoms with Crippen LogP contribution < -0.4 is 4.74 Å². The number of para-hydroxylation sites is 2. The van der Waals surface area contributed by atoms with Crippen LogP contribution in [0.15, 0.2) is 181 Å². The minimum absolute atomic E-state index is 0.246. The van der Waals surface area contributed by atoms with Gasteiger partial charge in [0.1, 0.15) is 17.2 Å². The zero-order valence-electron chi connectivity index (χ0n) is 31.5. The maximum absolute atomic E-state index is 9.94. The van der Waals surface area contributed by atoms with E-state index in [4.69, 9.17) is 27.9 Å². The van der Waals surface area contributed by atoms with Gasteiger partial charge in [-0.05, 0) is 112 Å². The van der Waals surface area contributed by atoms with Gasteiger partial charge in [0.15, 0.2) is 0 Å². The van der Waals surface area contributed by atoms with E-state index in [1.807, 2.05) is 116 Å². The first kappa shape index (κ1) is 39.3. The standard InChI is InChI=1S/C29H18BrClN2O.C22H16ClNO/c30-23-13-20(17-32)14-25(16-23)34-24-9-4-8-21(15-24)28-22(12-19-6-2-1-3-7-19)18-33-29-26(28)10-5-11-27(29)31;23-20-11-5-10-19-21(16-8-4-9-18(25)13-16)17(14-24-22(19)20)12-15-6-2-1-3-7-15/h1-11,13-16,18H,12H2;1-11,13-14,25H,12H2. The molecule has 8 heteroatoms. The van der Waals surface area contributed by atoms with Crippen LogP contribution in [0.3, 0.4) is 0 Å². The first-order valence-electron chi connectivity index (χ1n) is 18.8. The number of phenolic OH excluding ortho intramolecular Hbond substituents is 1. The largest absolute Gasteiger partial charge is 0.508 e. The molecule has 0 aliphatic rings. The summed E-state index contributed by atoms with van der Waals surface area (Å²) in [5.74, 6) is 1.52. The van der Waals surface area contributed by atoms with E-state index >= 15 is 0 Å². The van der Waals surface area contributed by atoms with Gasteiger partial charge >= 0.3 is 0 Å². The summed E-state index contributed by atoms with van der Waals surface area (Å²) in [6.45, 7) is 0. The molecule has 2 heterocycles. The number of benzene rings is 7. The van der Waals surface area contributed by atoms with Gasteiger partial charge in [-0.25, -0.2) is 0 Å². The van der Waals surface area contributed by atoms with Gasteiger partial charge in [0.25, 0.3) is 0 Å². The lowest BCUT2D eigenvalue weighted by Gasteiger charge is -2.15. The van der Waals surface area contributed by atoms with E-state index in [0.29, 0.717) is 27.1 Å². The van der Waals surface area contributed by atoms with Crippen molar-refractivity contribution in [2.24, 2.45) is 0 Å². The summed E-state index contributed by atoms with van der Waals surface area (Å²) in [5, 5.41) is 22.5. The second-order valence-corrected chi connectivity index (χ2v) is 15.6. The van der Waals surface area contributed by atoms with Gasteiger partial charge in [-0.1, -0.05) is 148 Å². The number of pyridine rings is 2. The number of phenols is 1. The predicted octanol–water partition coefficient (Wildman–Crippen LogP) is 14.4. The van der Waals surface area contributed by atoms with Crippen molar-refractivity contribution in [2.75, 3.05) is 0 Å². The van der Waals surface area contributed by atoms with E-state index in [2.05, 4.69) is 68.4 Å². The van der Waals surface area contributed by atoms with Gasteiger partial charge < -0.3 is 9.84 Å². The highest BCUT2D eigenvalue weighted by atomic mass is 79.9. The van der Waals surface area contributed by atoms with Gasteiger partial charge in [0, 0.05) is 27.6 Å². The smallest absolute Gasteiger partial charge is 0.129 e. The average molecular weight is 872 g/mol. The molecule has 9 rings (SSSR count). The third kappa shape index (κ3) is 9.14. The number of rotatable bonds is 8. The molecule has 0 amide bonds. The lowest BCUT2D eigenvalue weighted by molar-refractivity contribution is 0.475. The summed E-state index contributed by atoms with van der Waals surface area (Å²) >= 11 is 16.3.